The van der Waals surface area contributed by atoms with E-state index in [1.807, 2.05) is 58.8 Å². The number of sulfonamides is 1. The van der Waals surface area contributed by atoms with Gasteiger partial charge >= 0.3 is 0 Å². The highest BCUT2D eigenvalue weighted by Gasteiger charge is 2.29. The van der Waals surface area contributed by atoms with Crippen molar-refractivity contribution in [3.8, 4) is 0 Å². The average Bonchev–Trinajstić information content (AvgIpc) is 2.71. The van der Waals surface area contributed by atoms with Crippen LogP contribution in [0.2, 0.25) is 0 Å². The van der Waals surface area contributed by atoms with E-state index in [9.17, 15) is 17.6 Å². The number of nitrogens with one attached hydrogen (secondary N) is 1. The summed E-state index contributed by atoms with van der Waals surface area (Å²) in [7, 11) is -0.0939. The van der Waals surface area contributed by atoms with Crippen LogP contribution in [-0.4, -0.2) is 38.8 Å². The fourth-order valence-electron chi connectivity index (χ4n) is 3.10. The van der Waals surface area contributed by atoms with Crippen molar-refractivity contribution in [3.05, 3.63) is 53.8 Å². The summed E-state index contributed by atoms with van der Waals surface area (Å²) in [4.78, 5) is 14.1. The van der Waals surface area contributed by atoms with Crippen LogP contribution in [0.15, 0.2) is 47.4 Å². The van der Waals surface area contributed by atoms with Crippen molar-refractivity contribution in [2.75, 3.05) is 24.3 Å². The molecule has 0 saturated heterocycles. The van der Waals surface area contributed by atoms with E-state index in [1.165, 1.54) is 16.4 Å². The number of rotatable bonds is 9. The number of nitrogens with zero attached hydrogens (tertiary/aromatic N) is 2. The second kappa shape index (κ2) is 10.2. The van der Waals surface area contributed by atoms with E-state index in [0.717, 1.165) is 23.4 Å². The molecule has 0 aliphatic heterocycles. The Morgan fingerprint density at radius 2 is 1.68 bits per heavy atom. The number of hydrogen-bond acceptors (Lipinski definition) is 4. The van der Waals surface area contributed by atoms with Crippen molar-refractivity contribution < 1.29 is 17.6 Å². The highest BCUT2D eigenvalue weighted by molar-refractivity contribution is 7.89. The van der Waals surface area contributed by atoms with Crippen LogP contribution in [0.25, 0.3) is 0 Å². The van der Waals surface area contributed by atoms with E-state index in [-0.39, 0.29) is 29.3 Å². The van der Waals surface area contributed by atoms with E-state index in [0.29, 0.717) is 12.1 Å². The second-order valence-corrected chi connectivity index (χ2v) is 10.0. The molecule has 0 aromatic heterocycles. The van der Waals surface area contributed by atoms with E-state index < -0.39 is 15.8 Å². The molecule has 1 unspecified atom stereocenters. The van der Waals surface area contributed by atoms with Gasteiger partial charge in [-0.2, -0.15) is 4.31 Å². The van der Waals surface area contributed by atoms with Gasteiger partial charge in [-0.25, -0.2) is 12.8 Å². The average molecular weight is 450 g/mol. The molecule has 0 fully saturated rings. The fraction of sp³-hybridized carbons (Fsp3) is 0.435. The third-order valence-corrected chi connectivity index (χ3v) is 7.16. The standard InChI is InChI=1S/C23H32FN3O3S/c1-7-17(4)27(31(29,30)21-11-8-19(24)9-12-21)15-18-14-20(25-23(28)16(2)3)10-13-22(18)26(5)6/h8-14,16-17H,7,15H2,1-6H3,(H,25,28). The molecule has 0 aliphatic rings. The highest BCUT2D eigenvalue weighted by atomic mass is 32.2. The van der Waals surface area contributed by atoms with Crippen LogP contribution in [0.4, 0.5) is 15.8 Å². The van der Waals surface area contributed by atoms with Gasteiger partial charge in [0.05, 0.1) is 4.90 Å². The van der Waals surface area contributed by atoms with Gasteiger partial charge in [0.15, 0.2) is 0 Å². The Bertz CT molecular complexity index is 1010. The molecule has 0 radical (unpaired) electrons. The summed E-state index contributed by atoms with van der Waals surface area (Å²) in [5.74, 6) is -0.772. The molecule has 8 heteroatoms. The van der Waals surface area contributed by atoms with Gasteiger partial charge in [-0.1, -0.05) is 20.8 Å². The lowest BCUT2D eigenvalue weighted by Gasteiger charge is -2.30. The van der Waals surface area contributed by atoms with Crippen LogP contribution < -0.4 is 10.2 Å². The van der Waals surface area contributed by atoms with E-state index in [4.69, 9.17) is 0 Å². The molecule has 2 aromatic rings. The number of amides is 1. The second-order valence-electron chi connectivity index (χ2n) is 8.14. The zero-order valence-electron chi connectivity index (χ0n) is 19.0. The Morgan fingerprint density at radius 3 is 2.19 bits per heavy atom. The van der Waals surface area contributed by atoms with Gasteiger partial charge < -0.3 is 10.2 Å². The van der Waals surface area contributed by atoms with Crippen LogP contribution in [0.1, 0.15) is 39.7 Å². The SMILES string of the molecule is CCC(C)N(Cc1cc(NC(=O)C(C)C)ccc1N(C)C)S(=O)(=O)c1ccc(F)cc1. The first-order valence-electron chi connectivity index (χ1n) is 10.4. The highest BCUT2D eigenvalue weighted by Crippen LogP contribution is 2.29. The number of carbonyl (C=O) groups excluding carboxylic acids is 1. The van der Waals surface area contributed by atoms with Gasteiger partial charge in [0.1, 0.15) is 5.82 Å². The quantitative estimate of drug-likeness (QED) is 0.613. The van der Waals surface area contributed by atoms with Crippen molar-refractivity contribution in [2.24, 2.45) is 5.92 Å². The zero-order chi connectivity index (χ0) is 23.3. The lowest BCUT2D eigenvalue weighted by atomic mass is 10.1. The van der Waals surface area contributed by atoms with Crippen LogP contribution >= 0.6 is 0 Å². The minimum Gasteiger partial charge on any atom is -0.377 e. The number of hydrogen-bond donors (Lipinski definition) is 1. The van der Waals surface area contributed by atoms with Gasteiger partial charge in [0.25, 0.3) is 0 Å². The first-order valence-corrected chi connectivity index (χ1v) is 11.8. The molecule has 1 amide bonds. The predicted molar refractivity (Wildman–Crippen MR) is 123 cm³/mol. The van der Waals surface area contributed by atoms with E-state index in [2.05, 4.69) is 5.32 Å². The lowest BCUT2D eigenvalue weighted by Crippen LogP contribution is -2.38. The Balaban J connectivity index is 2.50. The summed E-state index contributed by atoms with van der Waals surface area (Å²) in [6, 6.07) is 10.1. The molecule has 31 heavy (non-hydrogen) atoms. The molecule has 1 atom stereocenters. The van der Waals surface area contributed by atoms with Gasteiger partial charge in [-0.05, 0) is 61.4 Å². The van der Waals surface area contributed by atoms with Crippen molar-refractivity contribution >= 4 is 27.3 Å². The summed E-state index contributed by atoms with van der Waals surface area (Å²) in [5, 5.41) is 2.87. The van der Waals surface area contributed by atoms with E-state index >= 15 is 0 Å². The first kappa shape index (κ1) is 24.8. The lowest BCUT2D eigenvalue weighted by molar-refractivity contribution is -0.118. The fourth-order valence-corrected chi connectivity index (χ4v) is 4.79. The molecule has 170 valence electrons. The van der Waals surface area contributed by atoms with Crippen LogP contribution in [0.3, 0.4) is 0 Å². The van der Waals surface area contributed by atoms with Crippen LogP contribution in [0, 0.1) is 11.7 Å². The van der Waals surface area contributed by atoms with Gasteiger partial charge in [-0.15, -0.1) is 0 Å². The third-order valence-electron chi connectivity index (χ3n) is 5.18. The summed E-state index contributed by atoms with van der Waals surface area (Å²) >= 11 is 0. The smallest absolute Gasteiger partial charge is 0.243 e. The molecule has 2 rings (SSSR count). The van der Waals surface area contributed by atoms with E-state index in [1.54, 1.807) is 6.07 Å². The first-order chi connectivity index (χ1) is 14.5. The van der Waals surface area contributed by atoms with Crippen molar-refractivity contribution in [2.45, 2.75) is 51.6 Å². The maximum absolute atomic E-state index is 13.4. The molecular formula is C23H32FN3O3S. The molecule has 6 nitrogen and oxygen atoms in total. The number of halogens is 1. The Labute approximate surface area is 185 Å². The number of anilines is 2. The maximum atomic E-state index is 13.4. The van der Waals surface area contributed by atoms with Gasteiger partial charge in [0, 0.05) is 44.0 Å². The summed E-state index contributed by atoms with van der Waals surface area (Å²) in [5.41, 5.74) is 2.23. The Hall–Kier alpha value is -2.45. The number of benzene rings is 2. The summed E-state index contributed by atoms with van der Waals surface area (Å²) in [6.07, 6.45) is 0.613. The minimum atomic E-state index is -3.86. The Kier molecular flexibility index (Phi) is 8.20. The molecule has 0 spiro atoms. The van der Waals surface area contributed by atoms with Crippen molar-refractivity contribution in [1.29, 1.82) is 0 Å². The molecule has 1 N–H and O–H groups in total. The van der Waals surface area contributed by atoms with Gasteiger partial charge in [0.2, 0.25) is 15.9 Å². The molecular weight excluding hydrogens is 417 g/mol. The topological polar surface area (TPSA) is 69.7 Å². The predicted octanol–water partition coefficient (Wildman–Crippen LogP) is 4.48. The maximum Gasteiger partial charge on any atom is 0.243 e. The van der Waals surface area contributed by atoms with Gasteiger partial charge in [-0.3, -0.25) is 4.79 Å². The zero-order valence-corrected chi connectivity index (χ0v) is 19.8. The summed E-state index contributed by atoms with van der Waals surface area (Å²) in [6.45, 7) is 7.51. The van der Waals surface area contributed by atoms with Crippen molar-refractivity contribution in [3.63, 3.8) is 0 Å². The van der Waals surface area contributed by atoms with Crippen LogP contribution in [0.5, 0.6) is 0 Å². The molecule has 0 bridgehead atoms. The largest absolute Gasteiger partial charge is 0.377 e. The monoisotopic (exact) mass is 449 g/mol. The Morgan fingerprint density at radius 1 is 1.06 bits per heavy atom. The molecule has 0 aliphatic carbocycles. The normalized spacial score (nSPS) is 12.8. The number of carbonyl (C=O) groups is 1. The molecule has 2 aromatic carbocycles. The minimum absolute atomic E-state index is 0.0462. The molecule has 0 saturated carbocycles. The summed E-state index contributed by atoms with van der Waals surface area (Å²) < 4.78 is 41.6. The van der Waals surface area contributed by atoms with Crippen LogP contribution in [-0.2, 0) is 21.4 Å². The van der Waals surface area contributed by atoms with Crippen molar-refractivity contribution in [1.82, 2.24) is 4.31 Å². The third kappa shape index (κ3) is 6.04. The molecule has 0 heterocycles.